The van der Waals surface area contributed by atoms with E-state index in [1.807, 2.05) is 61.5 Å². The van der Waals surface area contributed by atoms with E-state index in [1.54, 1.807) is 6.92 Å². The summed E-state index contributed by atoms with van der Waals surface area (Å²) in [6, 6.07) is 16.1. The molecular weight excluding hydrogens is 256 g/mol. The van der Waals surface area contributed by atoms with E-state index in [0.717, 1.165) is 27.3 Å². The van der Waals surface area contributed by atoms with Crippen molar-refractivity contribution in [3.8, 4) is 11.1 Å². The molecule has 1 unspecified atom stereocenters. The Labute approximate surface area is 119 Å². The molecule has 0 spiro atoms. The minimum Gasteiger partial charge on any atom is -0.389 e. The molecule has 1 atom stereocenters. The summed E-state index contributed by atoms with van der Waals surface area (Å²) in [5.41, 5.74) is 4.19. The summed E-state index contributed by atoms with van der Waals surface area (Å²) in [6.07, 6.45) is 1.36. The smallest absolute Gasteiger partial charge is 0.0698 e. The van der Waals surface area contributed by atoms with Crippen LogP contribution in [-0.2, 0) is 0 Å². The zero-order valence-electron chi connectivity index (χ0n) is 11.1. The molecule has 0 aliphatic heterocycles. The molecular formula is C17H17ClO. The van der Waals surface area contributed by atoms with Gasteiger partial charge in [-0.2, -0.15) is 0 Å². The highest BCUT2D eigenvalue weighted by Crippen LogP contribution is 2.30. The molecule has 19 heavy (non-hydrogen) atoms. The lowest BCUT2D eigenvalue weighted by Gasteiger charge is -2.09. The fourth-order valence-corrected chi connectivity index (χ4v) is 2.36. The zero-order valence-corrected chi connectivity index (χ0v) is 11.9. The van der Waals surface area contributed by atoms with E-state index in [2.05, 4.69) is 0 Å². The standard InChI is InChI=1S/C17H17ClO/c1-12(10-13(2)19)15-8-9-16(17(18)11-15)14-6-4-3-5-7-14/h3-11,13,19H,1-2H3/b12-10-. The third kappa shape index (κ3) is 3.46. The Morgan fingerprint density at radius 1 is 1.16 bits per heavy atom. The van der Waals surface area contributed by atoms with Gasteiger partial charge >= 0.3 is 0 Å². The topological polar surface area (TPSA) is 20.2 Å². The molecule has 0 saturated carbocycles. The van der Waals surface area contributed by atoms with E-state index < -0.39 is 6.10 Å². The van der Waals surface area contributed by atoms with Crippen LogP contribution in [-0.4, -0.2) is 11.2 Å². The average molecular weight is 273 g/mol. The van der Waals surface area contributed by atoms with Crippen LogP contribution in [0.25, 0.3) is 16.7 Å². The first kappa shape index (κ1) is 13.9. The summed E-state index contributed by atoms with van der Waals surface area (Å²) in [6.45, 7) is 3.71. The Kier molecular flexibility index (Phi) is 4.41. The van der Waals surface area contributed by atoms with Crippen molar-refractivity contribution >= 4 is 17.2 Å². The van der Waals surface area contributed by atoms with E-state index in [9.17, 15) is 5.11 Å². The van der Waals surface area contributed by atoms with Gasteiger partial charge in [-0.05, 0) is 36.6 Å². The van der Waals surface area contributed by atoms with Crippen LogP contribution in [0.2, 0.25) is 5.02 Å². The summed E-state index contributed by atoms with van der Waals surface area (Å²) in [4.78, 5) is 0. The second kappa shape index (κ2) is 6.05. The van der Waals surface area contributed by atoms with Crippen LogP contribution < -0.4 is 0 Å². The highest BCUT2D eigenvalue weighted by molar-refractivity contribution is 6.33. The van der Waals surface area contributed by atoms with Crippen molar-refractivity contribution in [2.75, 3.05) is 0 Å². The lowest BCUT2D eigenvalue weighted by molar-refractivity contribution is 0.244. The van der Waals surface area contributed by atoms with Crippen LogP contribution in [0.15, 0.2) is 54.6 Å². The van der Waals surface area contributed by atoms with Gasteiger partial charge in [-0.25, -0.2) is 0 Å². The Balaban J connectivity index is 2.38. The van der Waals surface area contributed by atoms with Crippen molar-refractivity contribution in [1.29, 1.82) is 0 Å². The molecule has 0 heterocycles. The molecule has 0 bridgehead atoms. The van der Waals surface area contributed by atoms with Gasteiger partial charge in [-0.15, -0.1) is 0 Å². The number of benzene rings is 2. The molecule has 0 aliphatic carbocycles. The molecule has 0 fully saturated rings. The second-order valence-corrected chi connectivity index (χ2v) is 5.06. The summed E-state index contributed by atoms with van der Waals surface area (Å²) >= 11 is 6.35. The predicted octanol–water partition coefficient (Wildman–Crippen LogP) is 4.79. The average Bonchev–Trinajstić information content (AvgIpc) is 2.38. The molecule has 0 radical (unpaired) electrons. The largest absolute Gasteiger partial charge is 0.389 e. The van der Waals surface area contributed by atoms with E-state index in [4.69, 9.17) is 11.6 Å². The van der Waals surface area contributed by atoms with Gasteiger partial charge in [0.1, 0.15) is 0 Å². The maximum absolute atomic E-state index is 9.38. The summed E-state index contributed by atoms with van der Waals surface area (Å²) in [5.74, 6) is 0. The highest BCUT2D eigenvalue weighted by Gasteiger charge is 2.05. The van der Waals surface area contributed by atoms with E-state index in [1.165, 1.54) is 0 Å². The van der Waals surface area contributed by atoms with Crippen molar-refractivity contribution in [3.63, 3.8) is 0 Å². The number of hydrogen-bond acceptors (Lipinski definition) is 1. The number of allylic oxidation sites excluding steroid dienone is 1. The summed E-state index contributed by atoms with van der Waals surface area (Å²) in [5, 5.41) is 10.1. The summed E-state index contributed by atoms with van der Waals surface area (Å²) in [7, 11) is 0. The Hall–Kier alpha value is -1.57. The van der Waals surface area contributed by atoms with Gasteiger partial charge < -0.3 is 5.11 Å². The van der Waals surface area contributed by atoms with Gasteiger partial charge in [0, 0.05) is 10.6 Å². The highest BCUT2D eigenvalue weighted by atomic mass is 35.5. The maximum atomic E-state index is 9.38. The Bertz CT molecular complexity index is 585. The Morgan fingerprint density at radius 2 is 1.84 bits per heavy atom. The number of aliphatic hydroxyl groups is 1. The fourth-order valence-electron chi connectivity index (χ4n) is 2.07. The first-order valence-electron chi connectivity index (χ1n) is 6.30. The second-order valence-electron chi connectivity index (χ2n) is 4.65. The summed E-state index contributed by atoms with van der Waals surface area (Å²) < 4.78 is 0. The molecule has 0 saturated heterocycles. The molecule has 0 aliphatic rings. The molecule has 0 amide bonds. The van der Waals surface area contributed by atoms with E-state index in [0.29, 0.717) is 0 Å². The van der Waals surface area contributed by atoms with Gasteiger partial charge in [0.2, 0.25) is 0 Å². The van der Waals surface area contributed by atoms with Crippen LogP contribution in [0.3, 0.4) is 0 Å². The molecule has 0 aromatic heterocycles. The van der Waals surface area contributed by atoms with Crippen LogP contribution in [0, 0.1) is 0 Å². The number of halogens is 1. The molecule has 98 valence electrons. The Morgan fingerprint density at radius 3 is 2.42 bits per heavy atom. The van der Waals surface area contributed by atoms with Crippen molar-refractivity contribution in [3.05, 3.63) is 65.2 Å². The molecule has 1 nitrogen and oxygen atoms in total. The van der Waals surface area contributed by atoms with Gasteiger partial charge in [0.05, 0.1) is 6.10 Å². The van der Waals surface area contributed by atoms with Crippen molar-refractivity contribution in [2.24, 2.45) is 0 Å². The predicted molar refractivity (Wildman–Crippen MR) is 82.2 cm³/mol. The van der Waals surface area contributed by atoms with Crippen molar-refractivity contribution in [2.45, 2.75) is 20.0 Å². The van der Waals surface area contributed by atoms with E-state index in [-0.39, 0.29) is 0 Å². The van der Waals surface area contributed by atoms with E-state index >= 15 is 0 Å². The molecule has 2 aromatic rings. The van der Waals surface area contributed by atoms with Crippen molar-refractivity contribution < 1.29 is 5.11 Å². The third-order valence-electron chi connectivity index (χ3n) is 3.00. The maximum Gasteiger partial charge on any atom is 0.0698 e. The number of hydrogen-bond donors (Lipinski definition) is 1. The monoisotopic (exact) mass is 272 g/mol. The molecule has 2 aromatic carbocycles. The molecule has 2 rings (SSSR count). The first-order valence-corrected chi connectivity index (χ1v) is 6.67. The lowest BCUT2D eigenvalue weighted by Crippen LogP contribution is -1.94. The van der Waals surface area contributed by atoms with Crippen LogP contribution >= 0.6 is 11.6 Å². The zero-order chi connectivity index (χ0) is 13.8. The molecule has 1 N–H and O–H groups in total. The van der Waals surface area contributed by atoms with Gasteiger partial charge in [-0.1, -0.05) is 60.1 Å². The van der Waals surface area contributed by atoms with Crippen molar-refractivity contribution in [1.82, 2.24) is 0 Å². The minimum absolute atomic E-state index is 0.451. The normalized spacial score (nSPS) is 13.4. The van der Waals surface area contributed by atoms with Gasteiger partial charge in [0.15, 0.2) is 0 Å². The molecule has 2 heteroatoms. The fraction of sp³-hybridized carbons (Fsp3) is 0.176. The van der Waals surface area contributed by atoms with Crippen LogP contribution in [0.5, 0.6) is 0 Å². The lowest BCUT2D eigenvalue weighted by atomic mass is 10.0. The number of aliphatic hydroxyl groups excluding tert-OH is 1. The van der Waals surface area contributed by atoms with Gasteiger partial charge in [0.25, 0.3) is 0 Å². The SMILES string of the molecule is C/C(=C/C(C)O)c1ccc(-c2ccccc2)c(Cl)c1. The number of rotatable bonds is 3. The quantitative estimate of drug-likeness (QED) is 0.852. The minimum atomic E-state index is -0.451. The third-order valence-corrected chi connectivity index (χ3v) is 3.31. The first-order chi connectivity index (χ1) is 9.08. The van der Waals surface area contributed by atoms with Crippen LogP contribution in [0.4, 0.5) is 0 Å². The van der Waals surface area contributed by atoms with Crippen LogP contribution in [0.1, 0.15) is 19.4 Å². The van der Waals surface area contributed by atoms with Gasteiger partial charge in [-0.3, -0.25) is 0 Å².